The van der Waals surface area contributed by atoms with Gasteiger partial charge < -0.3 is 10.2 Å². The summed E-state index contributed by atoms with van der Waals surface area (Å²) in [5.41, 5.74) is 4.67. The van der Waals surface area contributed by atoms with E-state index in [1.165, 1.54) is 37.9 Å². The lowest BCUT2D eigenvalue weighted by Crippen LogP contribution is -2.54. The number of rotatable bonds is 3. The van der Waals surface area contributed by atoms with Crippen LogP contribution in [0.5, 0.6) is 0 Å². The van der Waals surface area contributed by atoms with Crippen molar-refractivity contribution >= 4 is 0 Å². The Hall–Kier alpha value is -1.71. The molecule has 1 aromatic carbocycles. The molecule has 0 radical (unpaired) electrons. The molecule has 1 N–H and O–H groups in total. The van der Waals surface area contributed by atoms with Crippen molar-refractivity contribution in [3.63, 3.8) is 0 Å². The summed E-state index contributed by atoms with van der Waals surface area (Å²) in [7, 11) is 0. The molecule has 2 aliphatic heterocycles. The minimum atomic E-state index is 0.222. The minimum Gasteiger partial charge on any atom is -0.307 e. The van der Waals surface area contributed by atoms with Crippen molar-refractivity contribution in [2.45, 2.75) is 31.2 Å². The monoisotopic (exact) mass is 307 g/mol. The number of benzene rings is 1. The van der Waals surface area contributed by atoms with E-state index in [-0.39, 0.29) is 5.54 Å². The molecule has 3 nitrogen and oxygen atoms in total. The quantitative estimate of drug-likeness (QED) is 0.945. The normalized spacial score (nSPS) is 20.3. The Bertz CT molecular complexity index is 645. The fraction of sp³-hybridized carbons (Fsp3) is 0.450. The number of hydrogen-bond acceptors (Lipinski definition) is 3. The van der Waals surface area contributed by atoms with Crippen molar-refractivity contribution in [3.8, 4) is 0 Å². The molecule has 1 saturated heterocycles. The topological polar surface area (TPSA) is 28.2 Å². The third-order valence-electron chi connectivity index (χ3n) is 5.54. The van der Waals surface area contributed by atoms with Gasteiger partial charge in [0.1, 0.15) is 0 Å². The summed E-state index contributed by atoms with van der Waals surface area (Å²) in [6, 6.07) is 13.2. The van der Waals surface area contributed by atoms with Gasteiger partial charge in [0.15, 0.2) is 0 Å². The first-order valence-electron chi connectivity index (χ1n) is 8.80. The van der Waals surface area contributed by atoms with Crippen LogP contribution < -0.4 is 5.32 Å². The molecule has 0 amide bonds. The zero-order valence-electron chi connectivity index (χ0n) is 13.7. The average molecular weight is 307 g/mol. The molecule has 0 saturated carbocycles. The van der Waals surface area contributed by atoms with E-state index in [4.69, 9.17) is 0 Å². The molecule has 1 aromatic heterocycles. The lowest BCUT2D eigenvalue weighted by molar-refractivity contribution is 0.130. The third kappa shape index (κ3) is 3.04. The predicted molar refractivity (Wildman–Crippen MR) is 93.4 cm³/mol. The van der Waals surface area contributed by atoms with Gasteiger partial charge in [0.05, 0.1) is 0 Å². The first kappa shape index (κ1) is 14.9. The second kappa shape index (κ2) is 6.42. The maximum Gasteiger partial charge on any atom is 0.0461 e. The molecule has 0 atom stereocenters. The van der Waals surface area contributed by atoms with Gasteiger partial charge in [-0.1, -0.05) is 30.3 Å². The largest absolute Gasteiger partial charge is 0.307 e. The van der Waals surface area contributed by atoms with Gasteiger partial charge in [0.25, 0.3) is 0 Å². The predicted octanol–water partition coefficient (Wildman–Crippen LogP) is 2.76. The van der Waals surface area contributed by atoms with Crippen LogP contribution in [0, 0.1) is 0 Å². The van der Waals surface area contributed by atoms with Crippen LogP contribution in [-0.2, 0) is 18.4 Å². The first-order valence-corrected chi connectivity index (χ1v) is 8.80. The molecule has 2 aliphatic rings. The minimum absolute atomic E-state index is 0.222. The van der Waals surface area contributed by atoms with Crippen LogP contribution >= 0.6 is 0 Å². The zero-order chi connectivity index (χ0) is 15.5. The molecule has 1 fully saturated rings. The lowest BCUT2D eigenvalue weighted by atomic mass is 9.76. The molecule has 23 heavy (non-hydrogen) atoms. The van der Waals surface area contributed by atoms with Gasteiger partial charge >= 0.3 is 0 Å². The van der Waals surface area contributed by atoms with Gasteiger partial charge in [-0.3, -0.25) is 4.98 Å². The summed E-state index contributed by atoms with van der Waals surface area (Å²) in [4.78, 5) is 6.82. The second-order valence-electron chi connectivity index (χ2n) is 6.87. The van der Waals surface area contributed by atoms with E-state index in [2.05, 4.69) is 45.5 Å². The van der Waals surface area contributed by atoms with Crippen LogP contribution in [0.4, 0.5) is 0 Å². The van der Waals surface area contributed by atoms with Crippen molar-refractivity contribution < 1.29 is 0 Å². The zero-order valence-corrected chi connectivity index (χ0v) is 13.7. The number of likely N-dealkylation sites (tertiary alicyclic amines) is 1. The van der Waals surface area contributed by atoms with E-state index in [1.807, 2.05) is 18.5 Å². The Labute approximate surface area is 138 Å². The summed E-state index contributed by atoms with van der Waals surface area (Å²) in [5, 5.41) is 3.85. The highest BCUT2D eigenvalue weighted by Gasteiger charge is 2.38. The van der Waals surface area contributed by atoms with Crippen molar-refractivity contribution in [1.82, 2.24) is 15.2 Å². The molecule has 0 bridgehead atoms. The maximum atomic E-state index is 4.21. The van der Waals surface area contributed by atoms with E-state index < -0.39 is 0 Å². The molecule has 0 aliphatic carbocycles. The molecule has 0 unspecified atom stereocenters. The van der Waals surface area contributed by atoms with Crippen LogP contribution in [0.2, 0.25) is 0 Å². The number of fused-ring (bicyclic) bond motifs is 2. The van der Waals surface area contributed by atoms with Crippen LogP contribution in [0.1, 0.15) is 29.5 Å². The number of piperidine rings is 1. The van der Waals surface area contributed by atoms with Crippen molar-refractivity contribution in [2.75, 3.05) is 26.2 Å². The SMILES string of the molecule is c1cncc(CCN2CCC3(CC2)NCCc2ccccc23)c1. The highest BCUT2D eigenvalue weighted by atomic mass is 15.2. The fourth-order valence-electron chi connectivity index (χ4n) is 4.17. The summed E-state index contributed by atoms with van der Waals surface area (Å²) in [6.45, 7) is 4.62. The number of pyridine rings is 1. The summed E-state index contributed by atoms with van der Waals surface area (Å²) in [6.07, 6.45) is 8.55. The highest BCUT2D eigenvalue weighted by Crippen LogP contribution is 2.37. The van der Waals surface area contributed by atoms with Crippen molar-refractivity contribution in [2.24, 2.45) is 0 Å². The molecule has 3 heterocycles. The molecule has 4 rings (SSSR count). The molecular formula is C20H25N3. The van der Waals surface area contributed by atoms with Crippen LogP contribution in [0.15, 0.2) is 48.8 Å². The van der Waals surface area contributed by atoms with E-state index in [1.54, 1.807) is 11.1 Å². The summed E-state index contributed by atoms with van der Waals surface area (Å²) >= 11 is 0. The van der Waals surface area contributed by atoms with Gasteiger partial charge in [-0.15, -0.1) is 0 Å². The van der Waals surface area contributed by atoms with Gasteiger partial charge in [-0.25, -0.2) is 0 Å². The Morgan fingerprint density at radius 2 is 1.96 bits per heavy atom. The van der Waals surface area contributed by atoms with E-state index in [9.17, 15) is 0 Å². The number of hydrogen-bond donors (Lipinski definition) is 1. The summed E-state index contributed by atoms with van der Waals surface area (Å²) in [5.74, 6) is 0. The Morgan fingerprint density at radius 3 is 2.78 bits per heavy atom. The van der Waals surface area contributed by atoms with Gasteiger partial charge in [0.2, 0.25) is 0 Å². The lowest BCUT2D eigenvalue weighted by Gasteiger charge is -2.46. The highest BCUT2D eigenvalue weighted by molar-refractivity contribution is 5.37. The Kier molecular flexibility index (Phi) is 4.15. The number of nitrogens with zero attached hydrogens (tertiary/aromatic N) is 2. The van der Waals surface area contributed by atoms with Crippen molar-refractivity contribution in [3.05, 3.63) is 65.5 Å². The van der Waals surface area contributed by atoms with Crippen LogP contribution in [0.25, 0.3) is 0 Å². The molecular weight excluding hydrogens is 282 g/mol. The Balaban J connectivity index is 1.40. The van der Waals surface area contributed by atoms with E-state index in [0.717, 1.165) is 19.5 Å². The standard InChI is InChI=1S/C20H25N3/c1-2-6-19-18(5-1)7-12-22-20(19)9-14-23(15-10-20)13-8-17-4-3-11-21-16-17/h1-6,11,16,22H,7-10,12-15H2. The molecule has 120 valence electrons. The van der Waals surface area contributed by atoms with Crippen LogP contribution in [-0.4, -0.2) is 36.1 Å². The summed E-state index contributed by atoms with van der Waals surface area (Å²) < 4.78 is 0. The second-order valence-corrected chi connectivity index (χ2v) is 6.87. The van der Waals surface area contributed by atoms with Gasteiger partial charge in [-0.05, 0) is 48.4 Å². The number of aromatic nitrogens is 1. The van der Waals surface area contributed by atoms with E-state index >= 15 is 0 Å². The molecule has 3 heteroatoms. The fourth-order valence-corrected chi connectivity index (χ4v) is 4.17. The average Bonchev–Trinajstić information content (AvgIpc) is 2.63. The molecule has 1 spiro atoms. The first-order chi connectivity index (χ1) is 11.4. The van der Waals surface area contributed by atoms with Crippen LogP contribution in [0.3, 0.4) is 0 Å². The number of nitrogens with one attached hydrogen (secondary N) is 1. The van der Waals surface area contributed by atoms with E-state index in [0.29, 0.717) is 0 Å². The van der Waals surface area contributed by atoms with Crippen molar-refractivity contribution in [1.29, 1.82) is 0 Å². The maximum absolute atomic E-state index is 4.21. The Morgan fingerprint density at radius 1 is 1.09 bits per heavy atom. The van der Waals surface area contributed by atoms with Gasteiger partial charge in [-0.2, -0.15) is 0 Å². The van der Waals surface area contributed by atoms with Gasteiger partial charge in [0, 0.05) is 44.1 Å². The smallest absolute Gasteiger partial charge is 0.0461 e. The molecule has 2 aromatic rings. The third-order valence-corrected chi connectivity index (χ3v) is 5.54.